The molecule has 5 nitrogen and oxygen atoms in total. The zero-order chi connectivity index (χ0) is 13.7. The summed E-state index contributed by atoms with van der Waals surface area (Å²) >= 11 is 0. The van der Waals surface area contributed by atoms with E-state index in [4.69, 9.17) is 0 Å². The molecule has 0 radical (unpaired) electrons. The Bertz CT molecular complexity index is 401. The van der Waals surface area contributed by atoms with Crippen LogP contribution in [0.3, 0.4) is 0 Å². The van der Waals surface area contributed by atoms with Crippen LogP contribution in [0.15, 0.2) is 6.07 Å². The van der Waals surface area contributed by atoms with Gasteiger partial charge < -0.3 is 15.5 Å². The van der Waals surface area contributed by atoms with Gasteiger partial charge in [0.25, 0.3) is 0 Å². The number of nitrogens with zero attached hydrogens (tertiary/aromatic N) is 3. The Balaban J connectivity index is 1.91. The van der Waals surface area contributed by atoms with Crippen molar-refractivity contribution in [3.05, 3.63) is 11.9 Å². The molecule has 1 atom stereocenters. The third-order valence-corrected chi connectivity index (χ3v) is 3.74. The Kier molecular flexibility index (Phi) is 4.96. The van der Waals surface area contributed by atoms with Gasteiger partial charge in [0.2, 0.25) is 0 Å². The van der Waals surface area contributed by atoms with E-state index >= 15 is 0 Å². The second-order valence-electron chi connectivity index (χ2n) is 5.33. The Morgan fingerprint density at radius 2 is 2.32 bits per heavy atom. The molecule has 2 N–H and O–H groups in total. The highest BCUT2D eigenvalue weighted by Crippen LogP contribution is 2.18. The van der Waals surface area contributed by atoms with Crippen LogP contribution in [0.5, 0.6) is 0 Å². The fraction of sp³-hybridized carbons (Fsp3) is 0.714. The summed E-state index contributed by atoms with van der Waals surface area (Å²) in [4.78, 5) is 11.1. The van der Waals surface area contributed by atoms with Gasteiger partial charge in [-0.25, -0.2) is 9.97 Å². The summed E-state index contributed by atoms with van der Waals surface area (Å²) in [6, 6.07) is 2.01. The standard InChI is InChI=1S/C14H25N5/c1-11-17-13(15-2)9-14(18-11)19(3)8-6-12-5-4-7-16-10-12/h9,12,16H,4-8,10H2,1-3H3,(H,15,17,18). The van der Waals surface area contributed by atoms with Crippen molar-refractivity contribution in [2.45, 2.75) is 26.2 Å². The highest BCUT2D eigenvalue weighted by atomic mass is 15.2. The first-order valence-electron chi connectivity index (χ1n) is 7.14. The van der Waals surface area contributed by atoms with Gasteiger partial charge in [-0.15, -0.1) is 0 Å². The van der Waals surface area contributed by atoms with Gasteiger partial charge in [-0.1, -0.05) is 0 Å². The molecule has 0 bridgehead atoms. The first kappa shape index (κ1) is 14.1. The third-order valence-electron chi connectivity index (χ3n) is 3.74. The van der Waals surface area contributed by atoms with Crippen LogP contribution in [-0.4, -0.2) is 43.7 Å². The molecule has 1 aliphatic heterocycles. The van der Waals surface area contributed by atoms with Crippen LogP contribution in [0.1, 0.15) is 25.1 Å². The molecule has 106 valence electrons. The first-order valence-corrected chi connectivity index (χ1v) is 7.14. The van der Waals surface area contributed by atoms with Gasteiger partial charge in [-0.2, -0.15) is 0 Å². The van der Waals surface area contributed by atoms with E-state index in [9.17, 15) is 0 Å². The summed E-state index contributed by atoms with van der Waals surface area (Å²) in [5, 5.41) is 6.55. The van der Waals surface area contributed by atoms with E-state index in [1.165, 1.54) is 32.4 Å². The van der Waals surface area contributed by atoms with Crippen LogP contribution in [0.4, 0.5) is 11.6 Å². The lowest BCUT2D eigenvalue weighted by atomic mass is 9.96. The average molecular weight is 263 g/mol. The smallest absolute Gasteiger partial charge is 0.134 e. The fourth-order valence-electron chi connectivity index (χ4n) is 2.54. The zero-order valence-electron chi connectivity index (χ0n) is 12.2. The summed E-state index contributed by atoms with van der Waals surface area (Å²) in [5.74, 6) is 3.50. The second-order valence-corrected chi connectivity index (χ2v) is 5.33. The number of nitrogens with one attached hydrogen (secondary N) is 2. The Labute approximate surface area is 115 Å². The van der Waals surface area contributed by atoms with Gasteiger partial charge in [0.05, 0.1) is 0 Å². The predicted octanol–water partition coefficient (Wildman–Crippen LogP) is 1.65. The minimum absolute atomic E-state index is 0.808. The number of aryl methyl sites for hydroxylation is 1. The van der Waals surface area contributed by atoms with Crippen LogP contribution in [-0.2, 0) is 0 Å². The van der Waals surface area contributed by atoms with Gasteiger partial charge in [0.15, 0.2) is 0 Å². The molecule has 0 aliphatic carbocycles. The highest BCUT2D eigenvalue weighted by Gasteiger charge is 2.14. The lowest BCUT2D eigenvalue weighted by Crippen LogP contribution is -2.32. The summed E-state index contributed by atoms with van der Waals surface area (Å²) in [5.41, 5.74) is 0. The minimum Gasteiger partial charge on any atom is -0.373 e. The van der Waals surface area contributed by atoms with Crippen molar-refractivity contribution in [2.24, 2.45) is 5.92 Å². The Hall–Kier alpha value is -1.36. The number of hydrogen-bond donors (Lipinski definition) is 2. The van der Waals surface area contributed by atoms with E-state index in [0.29, 0.717) is 0 Å². The van der Waals surface area contributed by atoms with Crippen LogP contribution in [0.25, 0.3) is 0 Å². The summed E-state index contributed by atoms with van der Waals surface area (Å²) in [6.07, 6.45) is 3.89. The molecule has 1 fully saturated rings. The van der Waals surface area contributed by atoms with Crippen molar-refractivity contribution < 1.29 is 0 Å². The monoisotopic (exact) mass is 263 g/mol. The Morgan fingerprint density at radius 3 is 3.00 bits per heavy atom. The molecule has 1 unspecified atom stereocenters. The zero-order valence-corrected chi connectivity index (χ0v) is 12.2. The van der Waals surface area contributed by atoms with E-state index < -0.39 is 0 Å². The third kappa shape index (κ3) is 4.06. The van der Waals surface area contributed by atoms with Gasteiger partial charge in [0.1, 0.15) is 17.5 Å². The number of anilines is 2. The predicted molar refractivity (Wildman–Crippen MR) is 79.8 cm³/mol. The van der Waals surface area contributed by atoms with Crippen LogP contribution in [0.2, 0.25) is 0 Å². The molecule has 2 heterocycles. The van der Waals surface area contributed by atoms with Crippen LogP contribution >= 0.6 is 0 Å². The van der Waals surface area contributed by atoms with Crippen molar-refractivity contribution in [1.82, 2.24) is 15.3 Å². The van der Waals surface area contributed by atoms with E-state index in [1.807, 2.05) is 20.0 Å². The summed E-state index contributed by atoms with van der Waals surface area (Å²) in [6.45, 7) is 5.33. The van der Waals surface area contributed by atoms with Crippen molar-refractivity contribution >= 4 is 11.6 Å². The molecule has 1 aliphatic rings. The molecule has 5 heteroatoms. The summed E-state index contributed by atoms with van der Waals surface area (Å²) < 4.78 is 0. The van der Waals surface area contributed by atoms with Gasteiger partial charge in [-0.3, -0.25) is 0 Å². The normalized spacial score (nSPS) is 19.2. The van der Waals surface area contributed by atoms with Gasteiger partial charge in [0, 0.05) is 26.7 Å². The van der Waals surface area contributed by atoms with Crippen molar-refractivity contribution in [3.8, 4) is 0 Å². The maximum Gasteiger partial charge on any atom is 0.134 e. The molecule has 1 saturated heterocycles. The fourth-order valence-corrected chi connectivity index (χ4v) is 2.54. The van der Waals surface area contributed by atoms with Crippen molar-refractivity contribution in [3.63, 3.8) is 0 Å². The molecule has 0 amide bonds. The number of aromatic nitrogens is 2. The SMILES string of the molecule is CNc1cc(N(C)CCC2CCCNC2)nc(C)n1. The van der Waals surface area contributed by atoms with Crippen LogP contribution in [0, 0.1) is 12.8 Å². The largest absolute Gasteiger partial charge is 0.373 e. The lowest BCUT2D eigenvalue weighted by Gasteiger charge is -2.26. The number of piperidine rings is 1. The molecule has 0 spiro atoms. The van der Waals surface area contributed by atoms with E-state index in [1.54, 1.807) is 0 Å². The highest BCUT2D eigenvalue weighted by molar-refractivity contribution is 5.48. The molecule has 0 saturated carbocycles. The molecule has 2 rings (SSSR count). The number of hydrogen-bond acceptors (Lipinski definition) is 5. The molecule has 1 aromatic rings. The van der Waals surface area contributed by atoms with E-state index in [2.05, 4.69) is 32.5 Å². The van der Waals surface area contributed by atoms with E-state index in [0.717, 1.165) is 29.9 Å². The maximum absolute atomic E-state index is 4.50. The molecule has 1 aromatic heterocycles. The average Bonchev–Trinajstić information content (AvgIpc) is 2.45. The Morgan fingerprint density at radius 1 is 1.47 bits per heavy atom. The van der Waals surface area contributed by atoms with Crippen molar-refractivity contribution in [1.29, 1.82) is 0 Å². The van der Waals surface area contributed by atoms with Gasteiger partial charge in [-0.05, 0) is 45.2 Å². The maximum atomic E-state index is 4.50. The first-order chi connectivity index (χ1) is 9.19. The molecular formula is C14H25N5. The number of rotatable bonds is 5. The van der Waals surface area contributed by atoms with Crippen LogP contribution < -0.4 is 15.5 Å². The summed E-state index contributed by atoms with van der Waals surface area (Å²) in [7, 11) is 4.00. The second kappa shape index (κ2) is 6.70. The minimum atomic E-state index is 0.808. The topological polar surface area (TPSA) is 53.1 Å². The quantitative estimate of drug-likeness (QED) is 0.846. The van der Waals surface area contributed by atoms with Crippen molar-refractivity contribution in [2.75, 3.05) is 43.9 Å². The van der Waals surface area contributed by atoms with E-state index in [-0.39, 0.29) is 0 Å². The lowest BCUT2D eigenvalue weighted by molar-refractivity contribution is 0.360. The molecule has 0 aromatic carbocycles. The molecular weight excluding hydrogens is 238 g/mol. The van der Waals surface area contributed by atoms with Gasteiger partial charge >= 0.3 is 0 Å². The molecule has 19 heavy (non-hydrogen) atoms.